The topological polar surface area (TPSA) is 86.0 Å². The number of amides is 2. The highest BCUT2D eigenvalue weighted by Crippen LogP contribution is 2.04. The molecule has 2 N–H and O–H groups in total. The smallest absolute Gasteiger partial charge is 0.317 e. The lowest BCUT2D eigenvalue weighted by molar-refractivity contribution is -0.137. The van der Waals surface area contributed by atoms with Gasteiger partial charge >= 0.3 is 12.0 Å². The minimum Gasteiger partial charge on any atom is -0.481 e. The van der Waals surface area contributed by atoms with Gasteiger partial charge in [0, 0.05) is 45.7 Å². The highest BCUT2D eigenvalue weighted by Gasteiger charge is 2.20. The van der Waals surface area contributed by atoms with E-state index in [1.165, 1.54) is 0 Å². The molecule has 1 aliphatic heterocycles. The third-order valence-electron chi connectivity index (χ3n) is 3.53. The van der Waals surface area contributed by atoms with Gasteiger partial charge in [-0.1, -0.05) is 0 Å². The van der Waals surface area contributed by atoms with Gasteiger partial charge in [-0.2, -0.15) is 0 Å². The van der Waals surface area contributed by atoms with Crippen molar-refractivity contribution in [3.63, 3.8) is 0 Å². The molecule has 1 saturated heterocycles. The van der Waals surface area contributed by atoms with Crippen LogP contribution in [0.3, 0.4) is 0 Å². The molecule has 0 atom stereocenters. The standard InChI is InChI=1S/C14H21N3O4/c18-13(19)4-6-16-7-9-17(10-8-16)14(20)15-5-3-12-2-1-11-21-12/h1-2,11H,3-10H2,(H,15,20)(H,18,19). The van der Waals surface area contributed by atoms with Gasteiger partial charge in [0.1, 0.15) is 5.76 Å². The molecule has 1 fully saturated rings. The molecule has 0 radical (unpaired) electrons. The first-order valence-electron chi connectivity index (χ1n) is 7.14. The number of furan rings is 1. The van der Waals surface area contributed by atoms with Crippen LogP contribution in [0.2, 0.25) is 0 Å². The molecule has 2 rings (SSSR count). The molecule has 1 aliphatic rings. The lowest BCUT2D eigenvalue weighted by Crippen LogP contribution is -2.52. The molecule has 7 heteroatoms. The van der Waals surface area contributed by atoms with E-state index in [4.69, 9.17) is 9.52 Å². The number of nitrogens with one attached hydrogen (secondary N) is 1. The largest absolute Gasteiger partial charge is 0.481 e. The molecule has 116 valence electrons. The molecular formula is C14H21N3O4. The molecule has 0 spiro atoms. The second kappa shape index (κ2) is 7.68. The summed E-state index contributed by atoms with van der Waals surface area (Å²) in [5.74, 6) is 0.0712. The fourth-order valence-corrected chi connectivity index (χ4v) is 2.29. The van der Waals surface area contributed by atoms with Crippen molar-refractivity contribution in [1.29, 1.82) is 0 Å². The number of piperazine rings is 1. The van der Waals surface area contributed by atoms with Crippen LogP contribution in [0, 0.1) is 0 Å². The van der Waals surface area contributed by atoms with Crippen LogP contribution in [0.15, 0.2) is 22.8 Å². The summed E-state index contributed by atoms with van der Waals surface area (Å²) < 4.78 is 5.20. The minimum atomic E-state index is -0.784. The Balaban J connectivity index is 1.62. The van der Waals surface area contributed by atoms with Crippen molar-refractivity contribution in [3.05, 3.63) is 24.2 Å². The van der Waals surface area contributed by atoms with Crippen molar-refractivity contribution in [1.82, 2.24) is 15.1 Å². The Kier molecular flexibility index (Phi) is 5.62. The van der Waals surface area contributed by atoms with Crippen LogP contribution in [0.4, 0.5) is 4.79 Å². The fraction of sp³-hybridized carbons (Fsp3) is 0.571. The number of carboxylic acids is 1. The number of carbonyl (C=O) groups is 2. The molecule has 2 heterocycles. The highest BCUT2D eigenvalue weighted by molar-refractivity contribution is 5.74. The van der Waals surface area contributed by atoms with Gasteiger partial charge in [-0.15, -0.1) is 0 Å². The van der Waals surface area contributed by atoms with E-state index in [1.54, 1.807) is 11.2 Å². The monoisotopic (exact) mass is 295 g/mol. The zero-order valence-corrected chi connectivity index (χ0v) is 12.0. The van der Waals surface area contributed by atoms with Crippen molar-refractivity contribution in [2.45, 2.75) is 12.8 Å². The number of hydrogen-bond acceptors (Lipinski definition) is 4. The van der Waals surface area contributed by atoms with Crippen LogP contribution in [0.1, 0.15) is 12.2 Å². The Morgan fingerprint density at radius 3 is 2.67 bits per heavy atom. The summed E-state index contributed by atoms with van der Waals surface area (Å²) in [7, 11) is 0. The maximum Gasteiger partial charge on any atom is 0.317 e. The zero-order valence-electron chi connectivity index (χ0n) is 12.0. The number of carbonyl (C=O) groups excluding carboxylic acids is 1. The number of urea groups is 1. The molecule has 0 aromatic carbocycles. The Labute approximate surface area is 123 Å². The summed E-state index contributed by atoms with van der Waals surface area (Å²) in [4.78, 5) is 26.3. The number of carboxylic acid groups (broad SMARTS) is 1. The number of rotatable bonds is 6. The second-order valence-corrected chi connectivity index (χ2v) is 5.03. The molecule has 1 aromatic rings. The Hall–Kier alpha value is -2.02. The van der Waals surface area contributed by atoms with E-state index >= 15 is 0 Å². The van der Waals surface area contributed by atoms with Gasteiger partial charge in [-0.25, -0.2) is 4.79 Å². The van der Waals surface area contributed by atoms with Gasteiger partial charge < -0.3 is 19.7 Å². The van der Waals surface area contributed by atoms with E-state index in [9.17, 15) is 9.59 Å². The summed E-state index contributed by atoms with van der Waals surface area (Å²) in [5, 5.41) is 11.5. The maximum absolute atomic E-state index is 12.0. The van der Waals surface area contributed by atoms with E-state index < -0.39 is 5.97 Å². The average molecular weight is 295 g/mol. The van der Waals surface area contributed by atoms with E-state index in [-0.39, 0.29) is 12.5 Å². The van der Waals surface area contributed by atoms with E-state index in [1.807, 2.05) is 12.1 Å². The second-order valence-electron chi connectivity index (χ2n) is 5.03. The molecule has 2 amide bonds. The predicted molar refractivity (Wildman–Crippen MR) is 76.1 cm³/mol. The molecule has 0 saturated carbocycles. The maximum atomic E-state index is 12.0. The Bertz CT molecular complexity index is 453. The van der Waals surface area contributed by atoms with Crippen LogP contribution in [-0.2, 0) is 11.2 Å². The predicted octanol–water partition coefficient (Wildman–Crippen LogP) is 0.624. The molecule has 21 heavy (non-hydrogen) atoms. The molecule has 0 aliphatic carbocycles. The Morgan fingerprint density at radius 2 is 2.05 bits per heavy atom. The molecule has 0 bridgehead atoms. The van der Waals surface area contributed by atoms with Gasteiger partial charge in [-0.05, 0) is 12.1 Å². The van der Waals surface area contributed by atoms with Gasteiger partial charge in [0.15, 0.2) is 0 Å². The molecule has 0 unspecified atom stereocenters. The SMILES string of the molecule is O=C(O)CCN1CCN(C(=O)NCCc2ccco2)CC1. The lowest BCUT2D eigenvalue weighted by atomic mass is 10.3. The van der Waals surface area contributed by atoms with E-state index in [0.29, 0.717) is 32.6 Å². The first kappa shape index (κ1) is 15.4. The third-order valence-corrected chi connectivity index (χ3v) is 3.53. The van der Waals surface area contributed by atoms with Crippen LogP contribution in [0.5, 0.6) is 0 Å². The lowest BCUT2D eigenvalue weighted by Gasteiger charge is -2.34. The minimum absolute atomic E-state index is 0.0700. The van der Waals surface area contributed by atoms with Crippen molar-refractivity contribution >= 4 is 12.0 Å². The fourth-order valence-electron chi connectivity index (χ4n) is 2.29. The number of nitrogens with zero attached hydrogens (tertiary/aromatic N) is 2. The number of aliphatic carboxylic acids is 1. The molecule has 7 nitrogen and oxygen atoms in total. The summed E-state index contributed by atoms with van der Waals surface area (Å²) in [6.07, 6.45) is 2.44. The summed E-state index contributed by atoms with van der Waals surface area (Å²) in [5.41, 5.74) is 0. The van der Waals surface area contributed by atoms with Crippen molar-refractivity contribution < 1.29 is 19.1 Å². The van der Waals surface area contributed by atoms with E-state index in [2.05, 4.69) is 10.2 Å². The third kappa shape index (κ3) is 5.11. The van der Waals surface area contributed by atoms with E-state index in [0.717, 1.165) is 18.8 Å². The van der Waals surface area contributed by atoms with Crippen LogP contribution in [-0.4, -0.2) is 66.2 Å². The highest BCUT2D eigenvalue weighted by atomic mass is 16.4. The summed E-state index contributed by atoms with van der Waals surface area (Å²) in [6, 6.07) is 3.64. The first-order valence-corrected chi connectivity index (χ1v) is 7.14. The molecule has 1 aromatic heterocycles. The van der Waals surface area contributed by atoms with Crippen LogP contribution >= 0.6 is 0 Å². The normalized spacial score (nSPS) is 15.9. The van der Waals surface area contributed by atoms with Crippen LogP contribution in [0.25, 0.3) is 0 Å². The van der Waals surface area contributed by atoms with Crippen molar-refractivity contribution in [2.24, 2.45) is 0 Å². The summed E-state index contributed by atoms with van der Waals surface area (Å²) >= 11 is 0. The van der Waals surface area contributed by atoms with Gasteiger partial charge in [0.2, 0.25) is 0 Å². The van der Waals surface area contributed by atoms with Gasteiger partial charge in [-0.3, -0.25) is 9.69 Å². The average Bonchev–Trinajstić information content (AvgIpc) is 2.99. The first-order chi connectivity index (χ1) is 10.1. The van der Waals surface area contributed by atoms with Crippen molar-refractivity contribution in [3.8, 4) is 0 Å². The molecular weight excluding hydrogens is 274 g/mol. The Morgan fingerprint density at radius 1 is 1.29 bits per heavy atom. The van der Waals surface area contributed by atoms with Crippen LogP contribution < -0.4 is 5.32 Å². The number of hydrogen-bond donors (Lipinski definition) is 2. The van der Waals surface area contributed by atoms with Gasteiger partial charge in [0.05, 0.1) is 12.7 Å². The quantitative estimate of drug-likeness (QED) is 0.803. The van der Waals surface area contributed by atoms with Crippen molar-refractivity contribution in [2.75, 3.05) is 39.3 Å². The summed E-state index contributed by atoms with van der Waals surface area (Å²) in [6.45, 7) is 3.80. The zero-order chi connectivity index (χ0) is 15.1. The van der Waals surface area contributed by atoms with Gasteiger partial charge in [0.25, 0.3) is 0 Å².